The summed E-state index contributed by atoms with van der Waals surface area (Å²) in [6.45, 7) is 5.35. The first-order chi connectivity index (χ1) is 19.1. The fourth-order valence-corrected chi connectivity index (χ4v) is 5.77. The molecule has 1 aromatic carbocycles. The molecule has 40 heavy (non-hydrogen) atoms. The largest absolute Gasteiger partial charge is 0.456 e. The molecule has 0 amide bonds. The number of thiophene rings is 1. The Morgan fingerprint density at radius 2 is 2.02 bits per heavy atom. The number of fused-ring (bicyclic) bond motifs is 1. The summed E-state index contributed by atoms with van der Waals surface area (Å²) >= 11 is 7.45. The quantitative estimate of drug-likeness (QED) is 0.283. The van der Waals surface area contributed by atoms with E-state index in [0.717, 1.165) is 17.0 Å². The third-order valence-corrected chi connectivity index (χ3v) is 7.61. The SMILES string of the molecule is CC(C)(C)OC(=O)c1cc(-c2nc([C@@H]3CCc4cc(-c5cc(Cl)ccc5-n5cnnn5)cc(=O)n43)[nH]c2F)cs1. The van der Waals surface area contributed by atoms with Gasteiger partial charge in [-0.1, -0.05) is 11.6 Å². The molecule has 204 valence electrons. The van der Waals surface area contributed by atoms with Crippen LogP contribution < -0.4 is 5.56 Å². The number of aromatic amines is 1. The smallest absolute Gasteiger partial charge is 0.348 e. The van der Waals surface area contributed by atoms with Crippen molar-refractivity contribution in [3.8, 4) is 28.1 Å². The lowest BCUT2D eigenvalue weighted by atomic mass is 10.0. The molecule has 5 aromatic rings. The maximum atomic E-state index is 15.1. The first-order valence-corrected chi connectivity index (χ1v) is 13.7. The number of carbonyl (C=O) groups excluding carboxylic acids is 1. The van der Waals surface area contributed by atoms with Crippen LogP contribution in [0.5, 0.6) is 0 Å². The first-order valence-electron chi connectivity index (χ1n) is 12.4. The molecule has 0 bridgehead atoms. The molecule has 10 nitrogen and oxygen atoms in total. The van der Waals surface area contributed by atoms with Crippen LogP contribution in [0, 0.1) is 5.95 Å². The summed E-state index contributed by atoms with van der Waals surface area (Å²) in [5, 5.41) is 13.5. The van der Waals surface area contributed by atoms with E-state index in [9.17, 15) is 9.59 Å². The maximum absolute atomic E-state index is 15.1. The number of hydrogen-bond donors (Lipinski definition) is 1. The van der Waals surface area contributed by atoms with Gasteiger partial charge in [-0.15, -0.1) is 16.4 Å². The van der Waals surface area contributed by atoms with E-state index in [0.29, 0.717) is 50.9 Å². The van der Waals surface area contributed by atoms with Gasteiger partial charge < -0.3 is 14.3 Å². The van der Waals surface area contributed by atoms with Crippen LogP contribution in [0.25, 0.3) is 28.1 Å². The Bertz CT molecular complexity index is 1800. The highest BCUT2D eigenvalue weighted by Crippen LogP contribution is 2.35. The van der Waals surface area contributed by atoms with Gasteiger partial charge in [-0.25, -0.2) is 9.78 Å². The highest BCUT2D eigenvalue weighted by Gasteiger charge is 2.30. The molecule has 1 atom stereocenters. The number of pyridine rings is 1. The fourth-order valence-electron chi connectivity index (χ4n) is 4.83. The van der Waals surface area contributed by atoms with Crippen molar-refractivity contribution in [3.05, 3.63) is 85.8 Å². The molecule has 0 aliphatic carbocycles. The number of hydrogen-bond acceptors (Lipinski definition) is 8. The minimum atomic E-state index is -0.642. The number of esters is 1. The zero-order valence-corrected chi connectivity index (χ0v) is 23.3. The molecular weight excluding hydrogens is 557 g/mol. The summed E-state index contributed by atoms with van der Waals surface area (Å²) in [4.78, 5) is 33.4. The minimum absolute atomic E-state index is 0.0872. The number of tetrazole rings is 1. The summed E-state index contributed by atoms with van der Waals surface area (Å²) in [7, 11) is 0. The summed E-state index contributed by atoms with van der Waals surface area (Å²) in [5.74, 6) is -0.773. The second-order valence-electron chi connectivity index (χ2n) is 10.4. The lowest BCUT2D eigenvalue weighted by Gasteiger charge is -2.18. The lowest BCUT2D eigenvalue weighted by Crippen LogP contribution is -2.24. The van der Waals surface area contributed by atoms with Gasteiger partial charge in [-0.2, -0.15) is 9.07 Å². The van der Waals surface area contributed by atoms with Gasteiger partial charge in [0, 0.05) is 33.3 Å². The van der Waals surface area contributed by atoms with E-state index in [1.165, 1.54) is 17.1 Å². The number of H-pyrrole nitrogens is 1. The van der Waals surface area contributed by atoms with Crippen LogP contribution in [0.15, 0.2) is 52.9 Å². The van der Waals surface area contributed by atoms with Gasteiger partial charge in [0.2, 0.25) is 5.95 Å². The van der Waals surface area contributed by atoms with Gasteiger partial charge in [-0.05, 0) is 79.9 Å². The Morgan fingerprint density at radius 1 is 1.20 bits per heavy atom. The molecule has 4 aromatic heterocycles. The molecular formula is C27H23ClFN7O3S. The number of benzene rings is 1. The maximum Gasteiger partial charge on any atom is 0.348 e. The fraction of sp³-hybridized carbons (Fsp3) is 0.259. The highest BCUT2D eigenvalue weighted by molar-refractivity contribution is 7.12. The number of halogens is 2. The molecule has 0 saturated carbocycles. The van der Waals surface area contributed by atoms with Crippen molar-refractivity contribution < 1.29 is 13.9 Å². The van der Waals surface area contributed by atoms with Crippen molar-refractivity contribution in [1.29, 1.82) is 0 Å². The van der Waals surface area contributed by atoms with E-state index >= 15 is 4.39 Å². The van der Waals surface area contributed by atoms with Gasteiger partial charge in [0.15, 0.2) is 0 Å². The van der Waals surface area contributed by atoms with E-state index in [1.54, 1.807) is 55.0 Å². The van der Waals surface area contributed by atoms with Gasteiger partial charge in [-0.3, -0.25) is 4.79 Å². The van der Waals surface area contributed by atoms with Crippen molar-refractivity contribution >= 4 is 28.9 Å². The van der Waals surface area contributed by atoms with Crippen LogP contribution >= 0.6 is 22.9 Å². The van der Waals surface area contributed by atoms with Crippen LogP contribution in [0.4, 0.5) is 4.39 Å². The second kappa shape index (κ2) is 9.79. The Kier molecular flexibility index (Phi) is 6.38. The Balaban J connectivity index is 1.33. The molecule has 0 fully saturated rings. The minimum Gasteiger partial charge on any atom is -0.456 e. The number of ether oxygens (including phenoxy) is 1. The Hall–Kier alpha value is -4.16. The second-order valence-corrected chi connectivity index (χ2v) is 11.7. The normalized spacial score (nSPS) is 14.9. The van der Waals surface area contributed by atoms with Gasteiger partial charge in [0.25, 0.3) is 5.56 Å². The number of aromatic nitrogens is 7. The van der Waals surface area contributed by atoms with E-state index in [2.05, 4.69) is 25.5 Å². The molecule has 0 spiro atoms. The predicted molar refractivity (Wildman–Crippen MR) is 147 cm³/mol. The summed E-state index contributed by atoms with van der Waals surface area (Å²) in [6.07, 6.45) is 2.62. The number of rotatable bonds is 5. The third kappa shape index (κ3) is 4.84. The van der Waals surface area contributed by atoms with Gasteiger partial charge in [0.05, 0.1) is 11.7 Å². The Labute approximate surface area is 236 Å². The lowest BCUT2D eigenvalue weighted by molar-refractivity contribution is 0.00752. The molecule has 1 N–H and O–H groups in total. The molecule has 5 heterocycles. The number of nitrogens with zero attached hydrogens (tertiary/aromatic N) is 6. The molecule has 0 saturated heterocycles. The standard InChI is InChI=1S/C27H23ClFN7O3S/c1-27(2,3)39-26(38)21-9-15(12-40-21)23-24(29)32-25(31-23)20-7-5-17-8-14(10-22(37)36(17)20)18-11-16(28)4-6-19(18)35-13-30-33-34-35/h4,6,8-13,20H,5,7H2,1-3H3,(H,31,32)/t20-/m0/s1. The number of carbonyl (C=O) groups is 1. The van der Waals surface area contributed by atoms with Crippen LogP contribution in [-0.4, -0.2) is 46.3 Å². The van der Waals surface area contributed by atoms with Crippen LogP contribution in [0.1, 0.15) is 54.4 Å². The van der Waals surface area contributed by atoms with E-state index in [-0.39, 0.29) is 11.3 Å². The van der Waals surface area contributed by atoms with Gasteiger partial charge >= 0.3 is 5.97 Å². The van der Waals surface area contributed by atoms with E-state index in [1.807, 2.05) is 6.07 Å². The Morgan fingerprint density at radius 3 is 2.77 bits per heavy atom. The monoisotopic (exact) mass is 579 g/mol. The van der Waals surface area contributed by atoms with Crippen LogP contribution in [0.2, 0.25) is 5.02 Å². The molecule has 13 heteroatoms. The third-order valence-electron chi connectivity index (χ3n) is 6.47. The molecule has 0 radical (unpaired) electrons. The topological polar surface area (TPSA) is 121 Å². The van der Waals surface area contributed by atoms with Gasteiger partial charge in [0.1, 0.15) is 28.3 Å². The van der Waals surface area contributed by atoms with Crippen molar-refractivity contribution in [2.24, 2.45) is 0 Å². The molecule has 1 aliphatic rings. The van der Waals surface area contributed by atoms with Crippen molar-refractivity contribution in [2.75, 3.05) is 0 Å². The van der Waals surface area contributed by atoms with E-state index < -0.39 is 23.6 Å². The van der Waals surface area contributed by atoms with Crippen molar-refractivity contribution in [1.82, 2.24) is 34.7 Å². The highest BCUT2D eigenvalue weighted by atomic mass is 35.5. The first kappa shape index (κ1) is 26.1. The summed E-state index contributed by atoms with van der Waals surface area (Å²) < 4.78 is 23.6. The molecule has 0 unspecified atom stereocenters. The average Bonchev–Trinajstić information content (AvgIpc) is 3.68. The van der Waals surface area contributed by atoms with Crippen molar-refractivity contribution in [2.45, 2.75) is 45.3 Å². The van der Waals surface area contributed by atoms with Crippen molar-refractivity contribution in [3.63, 3.8) is 0 Å². The number of nitrogens with one attached hydrogen (secondary N) is 1. The predicted octanol–water partition coefficient (Wildman–Crippen LogP) is 5.23. The molecule has 6 rings (SSSR count). The van der Waals surface area contributed by atoms with Crippen LogP contribution in [-0.2, 0) is 11.2 Å². The number of imidazole rings is 1. The van der Waals surface area contributed by atoms with E-state index in [4.69, 9.17) is 16.3 Å². The van der Waals surface area contributed by atoms with Crippen LogP contribution in [0.3, 0.4) is 0 Å². The number of aryl methyl sites for hydroxylation is 1. The summed E-state index contributed by atoms with van der Waals surface area (Å²) in [6, 6.07) is 9.81. The zero-order chi connectivity index (χ0) is 28.2. The molecule has 1 aliphatic heterocycles. The summed E-state index contributed by atoms with van der Waals surface area (Å²) in [5.41, 5.74) is 2.49. The zero-order valence-electron chi connectivity index (χ0n) is 21.7. The average molecular weight is 580 g/mol.